The summed E-state index contributed by atoms with van der Waals surface area (Å²) >= 11 is 0. The lowest BCUT2D eigenvalue weighted by Gasteiger charge is -2.34. The lowest BCUT2D eigenvalue weighted by atomic mass is 9.78. The Hall–Kier alpha value is -0.0800. The number of hydrogen-bond acceptors (Lipinski definition) is 2. The Labute approximate surface area is 88.6 Å². The molecule has 84 valence electrons. The Bertz CT molecular complexity index is 154. The third kappa shape index (κ3) is 3.58. The second-order valence-electron chi connectivity index (χ2n) is 5.20. The van der Waals surface area contributed by atoms with Crippen LogP contribution in [0.5, 0.6) is 0 Å². The standard InChI is InChI=1S/C12H26N2/c1-9(2)14-12(8-13)11-6-4-5-10(3)7-11/h9-12,14H,4-8,13H2,1-3H3. The van der Waals surface area contributed by atoms with Gasteiger partial charge in [-0.1, -0.05) is 33.6 Å². The first-order valence-corrected chi connectivity index (χ1v) is 6.09. The lowest BCUT2D eigenvalue weighted by molar-refractivity contribution is 0.218. The van der Waals surface area contributed by atoms with E-state index in [4.69, 9.17) is 5.73 Å². The second kappa shape index (κ2) is 5.72. The topological polar surface area (TPSA) is 38.0 Å². The molecule has 0 aliphatic heterocycles. The van der Waals surface area contributed by atoms with E-state index in [2.05, 4.69) is 26.1 Å². The van der Waals surface area contributed by atoms with E-state index >= 15 is 0 Å². The summed E-state index contributed by atoms with van der Waals surface area (Å²) in [7, 11) is 0. The van der Waals surface area contributed by atoms with Gasteiger partial charge in [0.05, 0.1) is 0 Å². The summed E-state index contributed by atoms with van der Waals surface area (Å²) in [6.07, 6.45) is 5.53. The SMILES string of the molecule is CC1CCCC(C(CN)NC(C)C)C1. The molecule has 1 rings (SSSR count). The van der Waals surface area contributed by atoms with E-state index in [0.29, 0.717) is 12.1 Å². The molecule has 3 unspecified atom stereocenters. The zero-order valence-electron chi connectivity index (χ0n) is 9.92. The normalized spacial score (nSPS) is 30.6. The Morgan fingerprint density at radius 2 is 2.07 bits per heavy atom. The largest absolute Gasteiger partial charge is 0.329 e. The zero-order chi connectivity index (χ0) is 10.6. The Morgan fingerprint density at radius 1 is 1.36 bits per heavy atom. The van der Waals surface area contributed by atoms with Crippen LogP contribution in [0.25, 0.3) is 0 Å². The maximum Gasteiger partial charge on any atom is 0.0220 e. The third-order valence-corrected chi connectivity index (χ3v) is 3.35. The summed E-state index contributed by atoms with van der Waals surface area (Å²) in [5.41, 5.74) is 5.83. The van der Waals surface area contributed by atoms with Gasteiger partial charge in [-0.15, -0.1) is 0 Å². The molecule has 1 saturated carbocycles. The van der Waals surface area contributed by atoms with E-state index in [0.717, 1.165) is 18.4 Å². The van der Waals surface area contributed by atoms with Crippen molar-refractivity contribution < 1.29 is 0 Å². The minimum absolute atomic E-state index is 0.540. The van der Waals surface area contributed by atoms with E-state index in [1.807, 2.05) is 0 Å². The number of nitrogens with one attached hydrogen (secondary N) is 1. The van der Waals surface area contributed by atoms with Crippen molar-refractivity contribution in [3.8, 4) is 0 Å². The van der Waals surface area contributed by atoms with Crippen molar-refractivity contribution in [1.82, 2.24) is 5.32 Å². The van der Waals surface area contributed by atoms with Crippen molar-refractivity contribution >= 4 is 0 Å². The van der Waals surface area contributed by atoms with Crippen LogP contribution in [-0.4, -0.2) is 18.6 Å². The van der Waals surface area contributed by atoms with Crippen LogP contribution in [0.15, 0.2) is 0 Å². The molecule has 0 spiro atoms. The number of nitrogens with two attached hydrogens (primary N) is 1. The molecule has 0 radical (unpaired) electrons. The average Bonchev–Trinajstić information content (AvgIpc) is 2.14. The fraction of sp³-hybridized carbons (Fsp3) is 1.00. The fourth-order valence-electron chi connectivity index (χ4n) is 2.67. The predicted molar refractivity (Wildman–Crippen MR) is 62.2 cm³/mol. The fourth-order valence-corrected chi connectivity index (χ4v) is 2.67. The average molecular weight is 198 g/mol. The molecule has 1 aliphatic carbocycles. The van der Waals surface area contributed by atoms with Crippen molar-refractivity contribution in [1.29, 1.82) is 0 Å². The molecule has 0 amide bonds. The van der Waals surface area contributed by atoms with Crippen molar-refractivity contribution in [2.75, 3.05) is 6.54 Å². The first-order chi connectivity index (χ1) is 6.63. The van der Waals surface area contributed by atoms with E-state index in [9.17, 15) is 0 Å². The Balaban J connectivity index is 2.42. The quantitative estimate of drug-likeness (QED) is 0.726. The van der Waals surface area contributed by atoms with E-state index in [1.165, 1.54) is 25.7 Å². The van der Waals surface area contributed by atoms with Crippen LogP contribution in [-0.2, 0) is 0 Å². The second-order valence-corrected chi connectivity index (χ2v) is 5.20. The van der Waals surface area contributed by atoms with Crippen molar-refractivity contribution in [3.63, 3.8) is 0 Å². The lowest BCUT2D eigenvalue weighted by Crippen LogP contribution is -2.46. The van der Waals surface area contributed by atoms with Gasteiger partial charge in [0.15, 0.2) is 0 Å². The highest BCUT2D eigenvalue weighted by atomic mass is 15.0. The molecule has 0 aromatic heterocycles. The van der Waals surface area contributed by atoms with Gasteiger partial charge in [-0.05, 0) is 24.7 Å². The molecule has 0 aromatic carbocycles. The molecule has 1 fully saturated rings. The van der Waals surface area contributed by atoms with Gasteiger partial charge in [-0.3, -0.25) is 0 Å². The van der Waals surface area contributed by atoms with Crippen LogP contribution in [0.3, 0.4) is 0 Å². The van der Waals surface area contributed by atoms with Crippen molar-refractivity contribution in [2.24, 2.45) is 17.6 Å². The van der Waals surface area contributed by atoms with Crippen molar-refractivity contribution in [3.05, 3.63) is 0 Å². The van der Waals surface area contributed by atoms with Gasteiger partial charge < -0.3 is 11.1 Å². The van der Waals surface area contributed by atoms with Gasteiger partial charge in [0, 0.05) is 18.6 Å². The minimum Gasteiger partial charge on any atom is -0.329 e. The molecular weight excluding hydrogens is 172 g/mol. The van der Waals surface area contributed by atoms with Crippen LogP contribution in [0.1, 0.15) is 46.5 Å². The molecule has 0 bridgehead atoms. The molecule has 0 saturated heterocycles. The number of rotatable bonds is 4. The predicted octanol–water partition coefficient (Wildman–Crippen LogP) is 2.14. The van der Waals surface area contributed by atoms with Crippen LogP contribution in [0, 0.1) is 11.8 Å². The number of hydrogen-bond donors (Lipinski definition) is 2. The van der Waals surface area contributed by atoms with Crippen LogP contribution in [0.2, 0.25) is 0 Å². The van der Waals surface area contributed by atoms with E-state index in [-0.39, 0.29) is 0 Å². The van der Waals surface area contributed by atoms with Gasteiger partial charge in [0.2, 0.25) is 0 Å². The summed E-state index contributed by atoms with van der Waals surface area (Å²) in [5.74, 6) is 1.71. The van der Waals surface area contributed by atoms with Crippen LogP contribution in [0.4, 0.5) is 0 Å². The Kier molecular flexibility index (Phi) is 4.90. The van der Waals surface area contributed by atoms with Gasteiger partial charge in [-0.25, -0.2) is 0 Å². The maximum atomic E-state index is 5.83. The molecule has 0 aromatic rings. The molecular formula is C12H26N2. The summed E-state index contributed by atoms with van der Waals surface area (Å²) < 4.78 is 0. The first kappa shape index (κ1) is 12.0. The van der Waals surface area contributed by atoms with Crippen molar-refractivity contribution in [2.45, 2.75) is 58.5 Å². The molecule has 2 heteroatoms. The van der Waals surface area contributed by atoms with Gasteiger partial charge >= 0.3 is 0 Å². The van der Waals surface area contributed by atoms with E-state index in [1.54, 1.807) is 0 Å². The highest BCUT2D eigenvalue weighted by Gasteiger charge is 2.25. The highest BCUT2D eigenvalue weighted by Crippen LogP contribution is 2.30. The minimum atomic E-state index is 0.540. The smallest absolute Gasteiger partial charge is 0.0220 e. The van der Waals surface area contributed by atoms with Crippen LogP contribution >= 0.6 is 0 Å². The van der Waals surface area contributed by atoms with Gasteiger partial charge in [0.1, 0.15) is 0 Å². The van der Waals surface area contributed by atoms with Gasteiger partial charge in [-0.2, -0.15) is 0 Å². The molecule has 1 aliphatic rings. The Morgan fingerprint density at radius 3 is 2.57 bits per heavy atom. The molecule has 3 N–H and O–H groups in total. The monoisotopic (exact) mass is 198 g/mol. The molecule has 0 heterocycles. The summed E-state index contributed by atoms with van der Waals surface area (Å²) in [5, 5.41) is 3.59. The molecule has 14 heavy (non-hydrogen) atoms. The third-order valence-electron chi connectivity index (χ3n) is 3.35. The summed E-state index contributed by atoms with van der Waals surface area (Å²) in [6, 6.07) is 1.10. The molecule has 2 nitrogen and oxygen atoms in total. The maximum absolute atomic E-state index is 5.83. The van der Waals surface area contributed by atoms with Crippen LogP contribution < -0.4 is 11.1 Å². The molecule has 3 atom stereocenters. The van der Waals surface area contributed by atoms with E-state index < -0.39 is 0 Å². The summed E-state index contributed by atoms with van der Waals surface area (Å²) in [4.78, 5) is 0. The highest BCUT2D eigenvalue weighted by molar-refractivity contribution is 4.83. The summed E-state index contributed by atoms with van der Waals surface area (Å²) in [6.45, 7) is 7.56. The first-order valence-electron chi connectivity index (χ1n) is 6.09. The zero-order valence-corrected chi connectivity index (χ0v) is 9.92. The van der Waals surface area contributed by atoms with Gasteiger partial charge in [0.25, 0.3) is 0 Å².